The molecule has 0 heterocycles. The molecule has 4 heteroatoms. The van der Waals surface area contributed by atoms with E-state index in [4.69, 9.17) is 11.6 Å². The minimum absolute atomic E-state index is 0.486. The summed E-state index contributed by atoms with van der Waals surface area (Å²) in [5, 5.41) is 11.3. The van der Waals surface area contributed by atoms with E-state index in [9.17, 15) is 5.11 Å². The van der Waals surface area contributed by atoms with Gasteiger partial charge in [0.15, 0.2) is 0 Å². The van der Waals surface area contributed by atoms with Crippen LogP contribution in [0.25, 0.3) is 0 Å². The third kappa shape index (κ3) is 3.94. The second kappa shape index (κ2) is 6.12. The Labute approximate surface area is 140 Å². The minimum Gasteiger partial charge on any atom is -0.385 e. The van der Waals surface area contributed by atoms with Crippen molar-refractivity contribution in [2.45, 2.75) is 18.9 Å². The van der Waals surface area contributed by atoms with E-state index in [1.54, 1.807) is 0 Å². The molecule has 1 nitrogen and oxygen atoms in total. The Balaban J connectivity index is 2.27. The highest BCUT2D eigenvalue weighted by molar-refractivity contribution is 14.1. The van der Waals surface area contributed by atoms with Crippen molar-refractivity contribution in [1.82, 2.24) is 0 Å². The van der Waals surface area contributed by atoms with Gasteiger partial charge in [0.25, 0.3) is 0 Å². The molecule has 2 aromatic carbocycles. The summed E-state index contributed by atoms with van der Waals surface area (Å²) in [6.45, 7) is 1.81. The van der Waals surface area contributed by atoms with Crippen LogP contribution in [0.3, 0.4) is 0 Å². The van der Waals surface area contributed by atoms with Crippen LogP contribution in [0.4, 0.5) is 0 Å². The molecule has 0 saturated heterocycles. The quantitative estimate of drug-likeness (QED) is 0.640. The summed E-state index contributed by atoms with van der Waals surface area (Å²) in [7, 11) is 0. The molecule has 2 rings (SSSR count). The smallest absolute Gasteiger partial charge is 0.0909 e. The Hall–Kier alpha value is -0.100. The van der Waals surface area contributed by atoms with Crippen molar-refractivity contribution in [3.8, 4) is 0 Å². The van der Waals surface area contributed by atoms with Crippen LogP contribution >= 0.6 is 50.1 Å². The van der Waals surface area contributed by atoms with E-state index in [-0.39, 0.29) is 0 Å². The van der Waals surface area contributed by atoms with Gasteiger partial charge in [0.2, 0.25) is 0 Å². The molecule has 0 aliphatic heterocycles. The number of benzene rings is 2. The number of aliphatic hydroxyl groups is 1. The summed E-state index contributed by atoms with van der Waals surface area (Å²) in [5.41, 5.74) is 0.905. The van der Waals surface area contributed by atoms with Gasteiger partial charge in [-0.15, -0.1) is 0 Å². The monoisotopic (exact) mass is 450 g/mol. The van der Waals surface area contributed by atoms with Gasteiger partial charge in [-0.3, -0.25) is 0 Å². The third-order valence-electron chi connectivity index (χ3n) is 3.02. The summed E-state index contributed by atoms with van der Waals surface area (Å²) < 4.78 is 2.09. The standard InChI is InChI=1S/C15H13BrClIO/c1-15(19,11-3-6-13(18)7-4-11)9-10-2-5-12(16)8-14(10)17/h2-8,19H,9H2,1H3. The van der Waals surface area contributed by atoms with Gasteiger partial charge in [0.1, 0.15) is 0 Å². The van der Waals surface area contributed by atoms with E-state index >= 15 is 0 Å². The van der Waals surface area contributed by atoms with E-state index in [0.717, 1.165) is 19.2 Å². The van der Waals surface area contributed by atoms with Crippen molar-refractivity contribution in [3.63, 3.8) is 0 Å². The van der Waals surface area contributed by atoms with Gasteiger partial charge in [-0.05, 0) is 64.9 Å². The van der Waals surface area contributed by atoms with Crippen molar-refractivity contribution >= 4 is 50.1 Å². The molecule has 0 aliphatic rings. The van der Waals surface area contributed by atoms with Gasteiger partial charge in [0, 0.05) is 19.5 Å². The van der Waals surface area contributed by atoms with E-state index in [2.05, 4.69) is 38.5 Å². The zero-order valence-electron chi connectivity index (χ0n) is 10.3. The molecule has 1 unspecified atom stereocenters. The number of halogens is 3. The maximum absolute atomic E-state index is 10.7. The summed E-state index contributed by atoms with van der Waals surface area (Å²) in [6.07, 6.45) is 0.486. The Bertz CT molecular complexity index is 581. The molecule has 0 radical (unpaired) electrons. The van der Waals surface area contributed by atoms with E-state index in [1.165, 1.54) is 0 Å². The summed E-state index contributed by atoms with van der Waals surface area (Å²) >= 11 is 11.8. The molecule has 2 aromatic rings. The maximum Gasteiger partial charge on any atom is 0.0909 e. The first kappa shape index (κ1) is 15.3. The fourth-order valence-corrected chi connectivity index (χ4v) is 3.05. The molecule has 0 saturated carbocycles. The first-order chi connectivity index (χ1) is 8.88. The van der Waals surface area contributed by atoms with Crippen LogP contribution in [0, 0.1) is 3.57 Å². The summed E-state index contributed by atoms with van der Waals surface area (Å²) in [5.74, 6) is 0. The lowest BCUT2D eigenvalue weighted by Gasteiger charge is -2.24. The largest absolute Gasteiger partial charge is 0.385 e. The van der Waals surface area contributed by atoms with Gasteiger partial charge in [0.05, 0.1) is 5.60 Å². The van der Waals surface area contributed by atoms with Gasteiger partial charge < -0.3 is 5.11 Å². The van der Waals surface area contributed by atoms with Crippen molar-refractivity contribution in [2.24, 2.45) is 0 Å². The summed E-state index contributed by atoms with van der Waals surface area (Å²) in [4.78, 5) is 0. The SMILES string of the molecule is CC(O)(Cc1ccc(Br)cc1Cl)c1ccc(I)cc1. The minimum atomic E-state index is -0.929. The van der Waals surface area contributed by atoms with Gasteiger partial charge >= 0.3 is 0 Å². The fraction of sp³-hybridized carbons (Fsp3) is 0.200. The average molecular weight is 452 g/mol. The van der Waals surface area contributed by atoms with Crippen molar-refractivity contribution in [2.75, 3.05) is 0 Å². The Morgan fingerprint density at radius 2 is 1.84 bits per heavy atom. The highest BCUT2D eigenvalue weighted by atomic mass is 127. The molecular formula is C15H13BrClIO. The molecule has 0 aromatic heterocycles. The van der Waals surface area contributed by atoms with E-state index < -0.39 is 5.60 Å². The Morgan fingerprint density at radius 1 is 1.21 bits per heavy atom. The lowest BCUT2D eigenvalue weighted by Crippen LogP contribution is -2.24. The first-order valence-electron chi connectivity index (χ1n) is 5.81. The zero-order valence-corrected chi connectivity index (χ0v) is 14.8. The third-order valence-corrected chi connectivity index (χ3v) is 4.58. The van der Waals surface area contributed by atoms with Crippen LogP contribution in [-0.4, -0.2) is 5.11 Å². The van der Waals surface area contributed by atoms with Crippen molar-refractivity contribution < 1.29 is 5.11 Å². The molecule has 0 amide bonds. The van der Waals surface area contributed by atoms with Gasteiger partial charge in [-0.25, -0.2) is 0 Å². The Kier molecular flexibility index (Phi) is 4.93. The second-order valence-corrected chi connectivity index (χ2v) is 7.26. The van der Waals surface area contributed by atoms with Crippen molar-refractivity contribution in [1.29, 1.82) is 0 Å². The number of hydrogen-bond acceptors (Lipinski definition) is 1. The van der Waals surface area contributed by atoms with E-state index in [0.29, 0.717) is 11.4 Å². The summed E-state index contributed by atoms with van der Waals surface area (Å²) in [6, 6.07) is 13.6. The average Bonchev–Trinajstić information content (AvgIpc) is 2.33. The maximum atomic E-state index is 10.7. The van der Waals surface area contributed by atoms with Crippen LogP contribution in [0.1, 0.15) is 18.1 Å². The highest BCUT2D eigenvalue weighted by Gasteiger charge is 2.24. The molecule has 0 spiro atoms. The highest BCUT2D eigenvalue weighted by Crippen LogP contribution is 2.30. The zero-order chi connectivity index (χ0) is 14.0. The lowest BCUT2D eigenvalue weighted by atomic mass is 9.89. The second-order valence-electron chi connectivity index (χ2n) is 4.69. The van der Waals surface area contributed by atoms with Crippen LogP contribution in [0.2, 0.25) is 5.02 Å². The lowest BCUT2D eigenvalue weighted by molar-refractivity contribution is 0.0576. The molecular weight excluding hydrogens is 438 g/mol. The van der Waals surface area contributed by atoms with Crippen molar-refractivity contribution in [3.05, 3.63) is 66.7 Å². The molecule has 19 heavy (non-hydrogen) atoms. The molecule has 0 aliphatic carbocycles. The van der Waals surface area contributed by atoms with Crippen LogP contribution in [0.15, 0.2) is 46.9 Å². The van der Waals surface area contributed by atoms with Gasteiger partial charge in [-0.2, -0.15) is 0 Å². The molecule has 0 bridgehead atoms. The topological polar surface area (TPSA) is 20.2 Å². The molecule has 1 N–H and O–H groups in total. The molecule has 0 fully saturated rings. The van der Waals surface area contributed by atoms with Gasteiger partial charge in [-0.1, -0.05) is 45.7 Å². The van der Waals surface area contributed by atoms with E-state index in [1.807, 2.05) is 49.4 Å². The Morgan fingerprint density at radius 3 is 2.42 bits per heavy atom. The van der Waals surface area contributed by atoms with Crippen LogP contribution in [-0.2, 0) is 12.0 Å². The normalized spacial score (nSPS) is 14.2. The first-order valence-corrected chi connectivity index (χ1v) is 8.06. The van der Waals surface area contributed by atoms with Crippen LogP contribution in [0.5, 0.6) is 0 Å². The molecule has 100 valence electrons. The predicted molar refractivity (Wildman–Crippen MR) is 91.6 cm³/mol. The number of rotatable bonds is 3. The fourth-order valence-electron chi connectivity index (χ4n) is 1.95. The van der Waals surface area contributed by atoms with Crippen LogP contribution < -0.4 is 0 Å². The molecule has 1 atom stereocenters. The predicted octanol–water partition coefficient (Wildman–Crippen LogP) is 5.16. The number of hydrogen-bond donors (Lipinski definition) is 1.